The number of amides is 1. The first kappa shape index (κ1) is 17.3. The summed E-state index contributed by atoms with van der Waals surface area (Å²) in [6, 6.07) is 7.20. The molecule has 130 valence electrons. The number of rotatable bonds is 5. The largest absolute Gasteiger partial charge is 0.486 e. The van der Waals surface area contributed by atoms with E-state index in [0.29, 0.717) is 39.6 Å². The molecule has 0 saturated carbocycles. The van der Waals surface area contributed by atoms with E-state index in [2.05, 4.69) is 26.2 Å². The first-order valence-corrected chi connectivity index (χ1v) is 8.51. The molecule has 0 unspecified atom stereocenters. The van der Waals surface area contributed by atoms with Crippen molar-refractivity contribution in [3.63, 3.8) is 0 Å². The molecule has 3 aromatic rings. The van der Waals surface area contributed by atoms with E-state index in [1.807, 2.05) is 24.7 Å². The molecular formula is C18H18BrN3O3. The van der Waals surface area contributed by atoms with Gasteiger partial charge in [-0.15, -0.1) is 0 Å². The van der Waals surface area contributed by atoms with Gasteiger partial charge in [-0.3, -0.25) is 4.79 Å². The maximum absolute atomic E-state index is 12.4. The Morgan fingerprint density at radius 1 is 1.28 bits per heavy atom. The number of aromatic nitrogens is 2. The molecule has 0 bridgehead atoms. The van der Waals surface area contributed by atoms with Gasteiger partial charge in [-0.1, -0.05) is 0 Å². The van der Waals surface area contributed by atoms with Crippen LogP contribution in [0.25, 0.3) is 0 Å². The highest BCUT2D eigenvalue weighted by Crippen LogP contribution is 2.28. The van der Waals surface area contributed by atoms with Crippen LogP contribution in [0, 0.1) is 13.8 Å². The second kappa shape index (κ2) is 7.14. The molecule has 7 heteroatoms. The van der Waals surface area contributed by atoms with Gasteiger partial charge in [-0.25, -0.2) is 4.98 Å². The van der Waals surface area contributed by atoms with Gasteiger partial charge in [0.05, 0.1) is 10.0 Å². The number of nitrogens with zero attached hydrogens (tertiary/aromatic N) is 2. The minimum atomic E-state index is -0.220. The second-order valence-corrected chi connectivity index (χ2v) is 6.42. The summed E-state index contributed by atoms with van der Waals surface area (Å²) >= 11 is 3.39. The Kier molecular flexibility index (Phi) is 4.94. The highest BCUT2D eigenvalue weighted by Gasteiger charge is 2.19. The summed E-state index contributed by atoms with van der Waals surface area (Å²) in [6.07, 6.45) is 3.60. The third kappa shape index (κ3) is 3.76. The van der Waals surface area contributed by atoms with Crippen molar-refractivity contribution in [1.82, 2.24) is 9.55 Å². The van der Waals surface area contributed by atoms with Gasteiger partial charge in [-0.05, 0) is 54.0 Å². The zero-order valence-corrected chi connectivity index (χ0v) is 15.8. The SMILES string of the molecule is Cc1oc(C)c(C(=O)Nc2ccc(OCc3nccn3C)cc2)c1Br. The smallest absolute Gasteiger partial charge is 0.260 e. The predicted octanol–water partition coefficient (Wildman–Crippen LogP) is 4.22. The van der Waals surface area contributed by atoms with Crippen LogP contribution in [0.3, 0.4) is 0 Å². The van der Waals surface area contributed by atoms with Gasteiger partial charge in [0, 0.05) is 25.1 Å². The number of carbonyl (C=O) groups excluding carboxylic acids is 1. The number of hydrogen-bond donors (Lipinski definition) is 1. The van der Waals surface area contributed by atoms with Crippen LogP contribution in [0.4, 0.5) is 5.69 Å². The number of hydrogen-bond acceptors (Lipinski definition) is 4. The summed E-state index contributed by atoms with van der Waals surface area (Å²) in [6.45, 7) is 3.96. The summed E-state index contributed by atoms with van der Waals surface area (Å²) in [5.74, 6) is 2.59. The fourth-order valence-corrected chi connectivity index (χ4v) is 2.97. The highest BCUT2D eigenvalue weighted by atomic mass is 79.9. The van der Waals surface area contributed by atoms with Gasteiger partial charge in [0.15, 0.2) is 0 Å². The Morgan fingerprint density at radius 3 is 2.56 bits per heavy atom. The number of benzene rings is 1. The van der Waals surface area contributed by atoms with Crippen molar-refractivity contribution in [1.29, 1.82) is 0 Å². The van der Waals surface area contributed by atoms with Crippen LogP contribution < -0.4 is 10.1 Å². The molecule has 0 aliphatic rings. The first-order valence-electron chi connectivity index (χ1n) is 7.71. The molecule has 3 rings (SSSR count). The van der Waals surface area contributed by atoms with Crippen molar-refractivity contribution < 1.29 is 13.9 Å². The van der Waals surface area contributed by atoms with Gasteiger partial charge >= 0.3 is 0 Å². The predicted molar refractivity (Wildman–Crippen MR) is 97.8 cm³/mol. The molecule has 2 aromatic heterocycles. The number of anilines is 1. The Hall–Kier alpha value is -2.54. The molecule has 2 heterocycles. The molecule has 0 radical (unpaired) electrons. The number of ether oxygens (including phenoxy) is 1. The molecule has 0 aliphatic heterocycles. The molecule has 0 aliphatic carbocycles. The fourth-order valence-electron chi connectivity index (χ4n) is 2.43. The quantitative estimate of drug-likeness (QED) is 0.691. The molecular weight excluding hydrogens is 386 g/mol. The zero-order valence-electron chi connectivity index (χ0n) is 14.2. The van der Waals surface area contributed by atoms with Crippen LogP contribution in [-0.2, 0) is 13.7 Å². The summed E-state index contributed by atoms with van der Waals surface area (Å²) in [4.78, 5) is 16.6. The van der Waals surface area contributed by atoms with Crippen LogP contribution in [0.1, 0.15) is 27.7 Å². The molecule has 0 saturated heterocycles. The summed E-state index contributed by atoms with van der Waals surface area (Å²) in [7, 11) is 1.92. The maximum Gasteiger partial charge on any atom is 0.260 e. The summed E-state index contributed by atoms with van der Waals surface area (Å²) < 4.78 is 13.7. The molecule has 1 amide bonds. The number of carbonyl (C=O) groups is 1. The van der Waals surface area contributed by atoms with Gasteiger partial charge in [-0.2, -0.15) is 0 Å². The third-order valence-corrected chi connectivity index (χ3v) is 4.77. The van der Waals surface area contributed by atoms with E-state index >= 15 is 0 Å². The number of aryl methyl sites for hydroxylation is 3. The number of furan rings is 1. The lowest BCUT2D eigenvalue weighted by atomic mass is 10.2. The average molecular weight is 404 g/mol. The lowest BCUT2D eigenvalue weighted by molar-refractivity contribution is 0.102. The minimum Gasteiger partial charge on any atom is -0.486 e. The normalized spacial score (nSPS) is 10.7. The number of nitrogens with one attached hydrogen (secondary N) is 1. The van der Waals surface area contributed by atoms with Crippen LogP contribution in [-0.4, -0.2) is 15.5 Å². The molecule has 0 spiro atoms. The van der Waals surface area contributed by atoms with Crippen LogP contribution in [0.5, 0.6) is 5.75 Å². The van der Waals surface area contributed by atoms with E-state index in [4.69, 9.17) is 9.15 Å². The molecule has 6 nitrogen and oxygen atoms in total. The standard InChI is InChI=1S/C18H18BrN3O3/c1-11-16(17(19)12(2)25-11)18(23)21-13-4-6-14(7-5-13)24-10-15-20-8-9-22(15)3/h4-9H,10H2,1-3H3,(H,21,23). The summed E-state index contributed by atoms with van der Waals surface area (Å²) in [5.41, 5.74) is 1.19. The van der Waals surface area contributed by atoms with Crippen LogP contribution in [0.2, 0.25) is 0 Å². The van der Waals surface area contributed by atoms with Gasteiger partial charge in [0.1, 0.15) is 29.7 Å². The Balaban J connectivity index is 1.64. The Bertz CT molecular complexity index is 897. The van der Waals surface area contributed by atoms with E-state index < -0.39 is 0 Å². The Morgan fingerprint density at radius 2 is 2.00 bits per heavy atom. The van der Waals surface area contributed by atoms with E-state index in [1.54, 1.807) is 37.4 Å². The van der Waals surface area contributed by atoms with Crippen molar-refractivity contribution in [2.75, 3.05) is 5.32 Å². The van der Waals surface area contributed by atoms with E-state index in [0.717, 1.165) is 5.82 Å². The van der Waals surface area contributed by atoms with E-state index in [1.165, 1.54) is 0 Å². The maximum atomic E-state index is 12.4. The van der Waals surface area contributed by atoms with Gasteiger partial charge < -0.3 is 19.0 Å². The third-order valence-electron chi connectivity index (χ3n) is 3.81. The lowest BCUT2D eigenvalue weighted by Crippen LogP contribution is -2.12. The number of halogens is 1. The lowest BCUT2D eigenvalue weighted by Gasteiger charge is -2.08. The topological polar surface area (TPSA) is 69.3 Å². The average Bonchev–Trinajstić information content (AvgIpc) is 3.09. The van der Waals surface area contributed by atoms with Crippen LogP contribution >= 0.6 is 15.9 Å². The van der Waals surface area contributed by atoms with Crippen molar-refractivity contribution in [3.8, 4) is 5.75 Å². The van der Waals surface area contributed by atoms with Crippen molar-refractivity contribution in [2.24, 2.45) is 7.05 Å². The molecule has 1 aromatic carbocycles. The monoisotopic (exact) mass is 403 g/mol. The minimum absolute atomic E-state index is 0.220. The fraction of sp³-hybridized carbons (Fsp3) is 0.222. The van der Waals surface area contributed by atoms with Gasteiger partial charge in [0.25, 0.3) is 5.91 Å². The zero-order chi connectivity index (χ0) is 18.0. The Labute approximate surface area is 153 Å². The molecule has 1 N–H and O–H groups in total. The first-order chi connectivity index (χ1) is 12.0. The molecule has 0 atom stereocenters. The number of imidazole rings is 1. The van der Waals surface area contributed by atoms with Gasteiger partial charge in [0.2, 0.25) is 0 Å². The van der Waals surface area contributed by atoms with Crippen LogP contribution in [0.15, 0.2) is 45.5 Å². The van der Waals surface area contributed by atoms with E-state index in [9.17, 15) is 4.79 Å². The van der Waals surface area contributed by atoms with Crippen molar-refractivity contribution in [3.05, 3.63) is 64.0 Å². The molecule has 25 heavy (non-hydrogen) atoms. The highest BCUT2D eigenvalue weighted by molar-refractivity contribution is 9.10. The van der Waals surface area contributed by atoms with Crippen molar-refractivity contribution in [2.45, 2.75) is 20.5 Å². The van der Waals surface area contributed by atoms with E-state index in [-0.39, 0.29) is 5.91 Å². The summed E-state index contributed by atoms with van der Waals surface area (Å²) in [5, 5.41) is 2.86. The molecule has 0 fully saturated rings. The van der Waals surface area contributed by atoms with Crippen molar-refractivity contribution >= 4 is 27.5 Å². The second-order valence-electron chi connectivity index (χ2n) is 5.62.